The molecule has 1 amide bonds. The molecule has 1 unspecified atom stereocenters. The molecule has 1 atom stereocenters. The first-order valence-electron chi connectivity index (χ1n) is 6.31. The first-order chi connectivity index (χ1) is 9.17. The molecular formula is C14H19NO3S. The average Bonchev–Trinajstić information content (AvgIpc) is 2.47. The van der Waals surface area contributed by atoms with E-state index in [1.54, 1.807) is 16.7 Å². The summed E-state index contributed by atoms with van der Waals surface area (Å²) in [5.74, 6) is -0.0178. The number of morpholine rings is 1. The van der Waals surface area contributed by atoms with Crippen molar-refractivity contribution >= 4 is 17.7 Å². The fourth-order valence-electron chi connectivity index (χ4n) is 2.19. The van der Waals surface area contributed by atoms with E-state index in [1.165, 1.54) is 0 Å². The number of nitrogens with zero attached hydrogens (tertiary/aromatic N) is 1. The number of aliphatic hydroxyl groups excluding tert-OH is 1. The molecule has 1 N–H and O–H groups in total. The van der Waals surface area contributed by atoms with Crippen molar-refractivity contribution in [1.29, 1.82) is 0 Å². The predicted molar refractivity (Wildman–Crippen MR) is 75.7 cm³/mol. The Morgan fingerprint density at radius 1 is 1.58 bits per heavy atom. The van der Waals surface area contributed by atoms with E-state index in [0.717, 1.165) is 10.5 Å². The number of rotatable bonds is 3. The minimum Gasteiger partial charge on any atom is -0.394 e. The van der Waals surface area contributed by atoms with Gasteiger partial charge >= 0.3 is 0 Å². The van der Waals surface area contributed by atoms with Crippen molar-refractivity contribution in [3.8, 4) is 0 Å². The number of hydrogen-bond acceptors (Lipinski definition) is 4. The number of aliphatic hydroxyl groups is 1. The highest BCUT2D eigenvalue weighted by Gasteiger charge is 2.28. The summed E-state index contributed by atoms with van der Waals surface area (Å²) in [4.78, 5) is 15.4. The van der Waals surface area contributed by atoms with Crippen LogP contribution in [0.2, 0.25) is 0 Å². The van der Waals surface area contributed by atoms with Crippen molar-refractivity contribution in [2.75, 3.05) is 32.6 Å². The lowest BCUT2D eigenvalue weighted by atomic mass is 10.1. The van der Waals surface area contributed by atoms with E-state index >= 15 is 0 Å². The zero-order chi connectivity index (χ0) is 13.8. The van der Waals surface area contributed by atoms with Gasteiger partial charge in [0.2, 0.25) is 0 Å². The van der Waals surface area contributed by atoms with Crippen LogP contribution in [0.5, 0.6) is 0 Å². The molecule has 0 radical (unpaired) electrons. The van der Waals surface area contributed by atoms with E-state index in [4.69, 9.17) is 4.74 Å². The highest BCUT2D eigenvalue weighted by atomic mass is 32.2. The molecule has 1 aromatic rings. The SMILES string of the molecule is CSc1ccc(C)c(C(=O)N2CCOCC2CO)c1. The predicted octanol–water partition coefficient (Wildman–Crippen LogP) is 1.55. The van der Waals surface area contributed by atoms with Gasteiger partial charge in [0.05, 0.1) is 25.9 Å². The molecule has 0 spiro atoms. The summed E-state index contributed by atoms with van der Waals surface area (Å²) in [6.45, 7) is 3.35. The van der Waals surface area contributed by atoms with Gasteiger partial charge in [0.25, 0.3) is 5.91 Å². The first kappa shape index (κ1) is 14.4. The van der Waals surface area contributed by atoms with Crippen LogP contribution in [0.4, 0.5) is 0 Å². The van der Waals surface area contributed by atoms with Crippen LogP contribution in [0.3, 0.4) is 0 Å². The van der Waals surface area contributed by atoms with Crippen LogP contribution >= 0.6 is 11.8 Å². The lowest BCUT2D eigenvalue weighted by Gasteiger charge is -2.34. The maximum absolute atomic E-state index is 12.6. The molecule has 2 rings (SSSR count). The molecule has 1 heterocycles. The number of carbonyl (C=O) groups excluding carboxylic acids is 1. The zero-order valence-electron chi connectivity index (χ0n) is 11.3. The van der Waals surface area contributed by atoms with Crippen LogP contribution in [-0.4, -0.2) is 54.6 Å². The molecule has 4 nitrogen and oxygen atoms in total. The second-order valence-electron chi connectivity index (χ2n) is 4.59. The third-order valence-electron chi connectivity index (χ3n) is 3.37. The Bertz CT molecular complexity index is 464. The van der Waals surface area contributed by atoms with Gasteiger partial charge in [-0.3, -0.25) is 4.79 Å². The molecule has 19 heavy (non-hydrogen) atoms. The molecule has 0 saturated carbocycles. The van der Waals surface area contributed by atoms with E-state index in [0.29, 0.717) is 25.3 Å². The van der Waals surface area contributed by atoms with Gasteiger partial charge in [0.1, 0.15) is 0 Å². The summed E-state index contributed by atoms with van der Waals surface area (Å²) < 4.78 is 5.31. The van der Waals surface area contributed by atoms with Crippen LogP contribution < -0.4 is 0 Å². The number of aryl methyl sites for hydroxylation is 1. The molecular weight excluding hydrogens is 262 g/mol. The largest absolute Gasteiger partial charge is 0.394 e. The number of thioether (sulfide) groups is 1. The highest BCUT2D eigenvalue weighted by Crippen LogP contribution is 2.21. The van der Waals surface area contributed by atoms with E-state index in [2.05, 4.69) is 0 Å². The summed E-state index contributed by atoms with van der Waals surface area (Å²) in [5.41, 5.74) is 1.68. The Kier molecular flexibility index (Phi) is 4.85. The number of hydrogen-bond donors (Lipinski definition) is 1. The molecule has 1 aliphatic rings. The summed E-state index contributed by atoms with van der Waals surface area (Å²) in [6.07, 6.45) is 1.99. The Balaban J connectivity index is 2.27. The monoisotopic (exact) mass is 281 g/mol. The standard InChI is InChI=1S/C14H19NO3S/c1-10-3-4-12(19-2)7-13(10)14(17)15-5-6-18-9-11(15)8-16/h3-4,7,11,16H,5-6,8-9H2,1-2H3. The molecule has 5 heteroatoms. The third kappa shape index (κ3) is 3.11. The van der Waals surface area contributed by atoms with E-state index in [1.807, 2.05) is 31.4 Å². The van der Waals surface area contributed by atoms with Crippen LogP contribution in [0.1, 0.15) is 15.9 Å². The highest BCUT2D eigenvalue weighted by molar-refractivity contribution is 7.98. The maximum Gasteiger partial charge on any atom is 0.254 e. The lowest BCUT2D eigenvalue weighted by molar-refractivity contribution is -0.0184. The van der Waals surface area contributed by atoms with Gasteiger partial charge in [0, 0.05) is 17.0 Å². The van der Waals surface area contributed by atoms with Crippen molar-refractivity contribution in [2.24, 2.45) is 0 Å². The average molecular weight is 281 g/mol. The van der Waals surface area contributed by atoms with Gasteiger partial charge < -0.3 is 14.7 Å². The fraction of sp³-hybridized carbons (Fsp3) is 0.500. The summed E-state index contributed by atoms with van der Waals surface area (Å²) in [6, 6.07) is 5.66. The summed E-state index contributed by atoms with van der Waals surface area (Å²) >= 11 is 1.62. The topological polar surface area (TPSA) is 49.8 Å². The molecule has 104 valence electrons. The normalized spacial score (nSPS) is 19.5. The van der Waals surface area contributed by atoms with Gasteiger partial charge in [-0.1, -0.05) is 6.07 Å². The molecule has 1 saturated heterocycles. The fourth-order valence-corrected chi connectivity index (χ4v) is 2.63. The number of amides is 1. The second kappa shape index (κ2) is 6.41. The van der Waals surface area contributed by atoms with E-state index in [9.17, 15) is 9.90 Å². The molecule has 0 aromatic heterocycles. The van der Waals surface area contributed by atoms with Crippen LogP contribution in [0, 0.1) is 6.92 Å². The summed E-state index contributed by atoms with van der Waals surface area (Å²) in [7, 11) is 0. The number of carbonyl (C=O) groups is 1. The van der Waals surface area contributed by atoms with E-state index in [-0.39, 0.29) is 18.6 Å². The Morgan fingerprint density at radius 2 is 2.37 bits per heavy atom. The maximum atomic E-state index is 12.6. The Morgan fingerprint density at radius 3 is 3.05 bits per heavy atom. The molecule has 0 bridgehead atoms. The van der Waals surface area contributed by atoms with Crippen molar-refractivity contribution in [2.45, 2.75) is 17.9 Å². The van der Waals surface area contributed by atoms with Gasteiger partial charge in [-0.2, -0.15) is 0 Å². The molecule has 1 aromatic carbocycles. The third-order valence-corrected chi connectivity index (χ3v) is 4.10. The van der Waals surface area contributed by atoms with Crippen molar-refractivity contribution in [1.82, 2.24) is 4.90 Å². The second-order valence-corrected chi connectivity index (χ2v) is 5.47. The molecule has 1 fully saturated rings. The lowest BCUT2D eigenvalue weighted by Crippen LogP contribution is -2.50. The van der Waals surface area contributed by atoms with Gasteiger partial charge in [-0.15, -0.1) is 11.8 Å². The molecule has 0 aliphatic carbocycles. The van der Waals surface area contributed by atoms with Crippen molar-refractivity contribution in [3.63, 3.8) is 0 Å². The van der Waals surface area contributed by atoms with Crippen LogP contribution in [0.15, 0.2) is 23.1 Å². The van der Waals surface area contributed by atoms with Gasteiger partial charge in [-0.05, 0) is 30.9 Å². The van der Waals surface area contributed by atoms with Gasteiger partial charge in [-0.25, -0.2) is 0 Å². The van der Waals surface area contributed by atoms with Crippen molar-refractivity contribution in [3.05, 3.63) is 29.3 Å². The van der Waals surface area contributed by atoms with Crippen LogP contribution in [0.25, 0.3) is 0 Å². The smallest absolute Gasteiger partial charge is 0.254 e. The Labute approximate surface area is 117 Å². The van der Waals surface area contributed by atoms with E-state index < -0.39 is 0 Å². The number of ether oxygens (including phenoxy) is 1. The first-order valence-corrected chi connectivity index (χ1v) is 7.54. The number of benzene rings is 1. The minimum absolute atomic E-state index is 0.0178. The quantitative estimate of drug-likeness (QED) is 0.854. The Hall–Kier alpha value is -1.04. The van der Waals surface area contributed by atoms with Crippen LogP contribution in [-0.2, 0) is 4.74 Å². The van der Waals surface area contributed by atoms with Crippen molar-refractivity contribution < 1.29 is 14.6 Å². The zero-order valence-corrected chi connectivity index (χ0v) is 12.1. The molecule has 1 aliphatic heterocycles. The van der Waals surface area contributed by atoms with Gasteiger partial charge in [0.15, 0.2) is 0 Å². The summed E-state index contributed by atoms with van der Waals surface area (Å²) in [5, 5.41) is 9.35. The minimum atomic E-state index is -0.237.